The van der Waals surface area contributed by atoms with Crippen molar-refractivity contribution in [2.24, 2.45) is 0 Å². The highest BCUT2D eigenvalue weighted by molar-refractivity contribution is 5.76. The number of allylic oxidation sites excluding steroid dienone is 5. The zero-order valence-corrected chi connectivity index (χ0v) is 48.0. The maximum absolute atomic E-state index is 13.2. The quantitative estimate of drug-likeness (QED) is 0.0204. The van der Waals surface area contributed by atoms with Crippen LogP contribution in [0.2, 0.25) is 0 Å². The van der Waals surface area contributed by atoms with Gasteiger partial charge in [-0.3, -0.25) is 4.79 Å². The molecule has 12 unspecified atom stereocenters. The first-order valence-corrected chi connectivity index (χ1v) is 31.2. The Morgan fingerprint density at radius 2 is 0.855 bits per heavy atom. The summed E-state index contributed by atoms with van der Waals surface area (Å²) in [6.45, 7) is 2.74. The Labute approximate surface area is 461 Å². The molecule has 0 radical (unpaired) electrons. The molecule has 2 aliphatic rings. The van der Waals surface area contributed by atoms with Gasteiger partial charge in [0.2, 0.25) is 5.91 Å². The number of nitrogens with one attached hydrogen (secondary N) is 1. The minimum absolute atomic E-state index is 0.259. The average Bonchev–Trinajstić information content (AvgIpc) is 3.42. The molecular formula is C62H115NO13. The molecule has 0 saturated carbocycles. The predicted octanol–water partition coefficient (Wildman–Crippen LogP) is 11.0. The third kappa shape index (κ3) is 33.1. The van der Waals surface area contributed by atoms with E-state index in [0.29, 0.717) is 12.8 Å². The number of unbranched alkanes of at least 4 members (excludes halogenated alkanes) is 33. The standard InChI is InChI=1S/C62H115NO13/c1-3-5-7-9-11-13-15-16-17-18-19-20-21-22-23-24-25-26-27-28-29-30-31-32-33-34-36-37-39-41-43-45-51(66)50(63-54(67)46-44-42-40-38-35-14-12-10-8-6-4-2)49-73-61-59(72)57(70)60(53(48-65)75-61)76-62-58(71)56(69)55(68)52(47-64)74-62/h10,12,36-37,43,45,50-53,55-62,64-66,68-72H,3-9,11,13-35,38-42,44,46-49H2,1-2H3,(H,63,67)/b12-10-,37-36+,45-43+. The van der Waals surface area contributed by atoms with Gasteiger partial charge in [-0.2, -0.15) is 0 Å². The molecule has 0 aromatic carbocycles. The maximum Gasteiger partial charge on any atom is 0.220 e. The molecule has 14 heteroatoms. The van der Waals surface area contributed by atoms with Crippen molar-refractivity contribution in [3.05, 3.63) is 36.5 Å². The lowest BCUT2D eigenvalue weighted by Gasteiger charge is -2.46. The van der Waals surface area contributed by atoms with E-state index < -0.39 is 86.8 Å². The third-order valence-electron chi connectivity index (χ3n) is 15.3. The number of hydrogen-bond donors (Lipinski definition) is 9. The van der Waals surface area contributed by atoms with Gasteiger partial charge in [-0.25, -0.2) is 0 Å². The first kappa shape index (κ1) is 70.3. The van der Waals surface area contributed by atoms with Crippen LogP contribution in [0.4, 0.5) is 0 Å². The molecule has 2 heterocycles. The van der Waals surface area contributed by atoms with Crippen LogP contribution < -0.4 is 5.32 Å². The number of rotatable bonds is 50. The van der Waals surface area contributed by atoms with Gasteiger partial charge in [0, 0.05) is 6.42 Å². The van der Waals surface area contributed by atoms with Gasteiger partial charge < -0.3 is 65.1 Å². The number of carbonyl (C=O) groups excluding carboxylic acids is 1. The minimum Gasteiger partial charge on any atom is -0.394 e. The maximum atomic E-state index is 13.2. The van der Waals surface area contributed by atoms with Crippen molar-refractivity contribution in [3.8, 4) is 0 Å². The van der Waals surface area contributed by atoms with E-state index in [4.69, 9.17) is 18.9 Å². The fraction of sp³-hybridized carbons (Fsp3) is 0.887. The van der Waals surface area contributed by atoms with Crippen LogP contribution >= 0.6 is 0 Å². The lowest BCUT2D eigenvalue weighted by atomic mass is 9.97. The normalized spacial score (nSPS) is 25.1. The van der Waals surface area contributed by atoms with E-state index in [9.17, 15) is 45.6 Å². The van der Waals surface area contributed by atoms with Crippen LogP contribution in [0.1, 0.15) is 258 Å². The van der Waals surface area contributed by atoms with Gasteiger partial charge in [0.05, 0.1) is 32.0 Å². The summed E-state index contributed by atoms with van der Waals surface area (Å²) in [6.07, 6.45) is 42.3. The SMILES string of the molecule is CCCC/C=C\CCCCCCCC(=O)NC(COC1OC(CO)C(OC2OC(CO)C(O)C(O)C2O)C(O)C1O)C(O)/C=C/CC/C=C/CCCCCCCCCCCCCCCCCCCCCCCCCCC. The molecule has 2 aliphatic heterocycles. The van der Waals surface area contributed by atoms with Gasteiger partial charge in [-0.1, -0.05) is 237 Å². The van der Waals surface area contributed by atoms with Crippen LogP contribution in [0.25, 0.3) is 0 Å². The number of amides is 1. The van der Waals surface area contributed by atoms with E-state index >= 15 is 0 Å². The van der Waals surface area contributed by atoms with Crippen molar-refractivity contribution in [1.29, 1.82) is 0 Å². The van der Waals surface area contributed by atoms with E-state index in [1.807, 2.05) is 6.08 Å². The van der Waals surface area contributed by atoms with Crippen LogP contribution in [0.15, 0.2) is 36.5 Å². The lowest BCUT2D eigenvalue weighted by Crippen LogP contribution is -2.65. The Hall–Kier alpha value is -1.79. The molecule has 2 rings (SSSR count). The number of hydrogen-bond acceptors (Lipinski definition) is 13. The molecule has 1 amide bonds. The number of aliphatic hydroxyl groups excluding tert-OH is 8. The summed E-state index contributed by atoms with van der Waals surface area (Å²) in [5.74, 6) is -0.259. The van der Waals surface area contributed by atoms with E-state index in [1.54, 1.807) is 6.08 Å². The lowest BCUT2D eigenvalue weighted by molar-refractivity contribution is -0.359. The summed E-state index contributed by atoms with van der Waals surface area (Å²) in [5.41, 5.74) is 0. The average molecular weight is 1080 g/mol. The van der Waals surface area contributed by atoms with Crippen molar-refractivity contribution in [3.63, 3.8) is 0 Å². The minimum atomic E-state index is -1.79. The van der Waals surface area contributed by atoms with Gasteiger partial charge in [0.1, 0.15) is 48.8 Å². The zero-order chi connectivity index (χ0) is 55.3. The molecule has 9 N–H and O–H groups in total. The van der Waals surface area contributed by atoms with E-state index in [1.165, 1.54) is 173 Å². The molecule has 446 valence electrons. The van der Waals surface area contributed by atoms with Gasteiger partial charge in [0.15, 0.2) is 12.6 Å². The summed E-state index contributed by atoms with van der Waals surface area (Å²) in [4.78, 5) is 13.2. The molecule has 14 nitrogen and oxygen atoms in total. The van der Waals surface area contributed by atoms with Gasteiger partial charge in [0.25, 0.3) is 0 Å². The molecule has 76 heavy (non-hydrogen) atoms. The molecule has 12 atom stereocenters. The van der Waals surface area contributed by atoms with Crippen molar-refractivity contribution in [2.45, 2.75) is 331 Å². The smallest absolute Gasteiger partial charge is 0.220 e. The fourth-order valence-electron chi connectivity index (χ4n) is 10.2. The molecule has 0 aromatic heterocycles. The van der Waals surface area contributed by atoms with Gasteiger partial charge >= 0.3 is 0 Å². The van der Waals surface area contributed by atoms with Crippen LogP contribution in [-0.2, 0) is 23.7 Å². The Bertz CT molecular complexity index is 1410. The summed E-state index contributed by atoms with van der Waals surface area (Å²) < 4.78 is 22.7. The van der Waals surface area contributed by atoms with Gasteiger partial charge in [-0.05, 0) is 51.4 Å². The molecular weight excluding hydrogens is 967 g/mol. The summed E-state index contributed by atoms with van der Waals surface area (Å²) in [6, 6.07) is -0.934. The first-order valence-electron chi connectivity index (χ1n) is 31.2. The van der Waals surface area contributed by atoms with Crippen LogP contribution in [0.5, 0.6) is 0 Å². The Kier molecular flexibility index (Phi) is 44.4. The van der Waals surface area contributed by atoms with Crippen LogP contribution in [0, 0.1) is 0 Å². The van der Waals surface area contributed by atoms with Gasteiger partial charge in [-0.15, -0.1) is 0 Å². The second-order valence-corrected chi connectivity index (χ2v) is 22.2. The predicted molar refractivity (Wildman–Crippen MR) is 305 cm³/mol. The summed E-state index contributed by atoms with van der Waals surface area (Å²) >= 11 is 0. The Morgan fingerprint density at radius 1 is 0.461 bits per heavy atom. The number of ether oxygens (including phenoxy) is 4. The van der Waals surface area contributed by atoms with Crippen molar-refractivity contribution < 1.29 is 64.6 Å². The molecule has 0 spiro atoms. The Morgan fingerprint density at radius 3 is 1.33 bits per heavy atom. The zero-order valence-electron chi connectivity index (χ0n) is 48.0. The highest BCUT2D eigenvalue weighted by Gasteiger charge is 2.51. The number of carbonyl (C=O) groups is 1. The third-order valence-corrected chi connectivity index (χ3v) is 15.3. The molecule has 0 aliphatic carbocycles. The molecule has 2 saturated heterocycles. The van der Waals surface area contributed by atoms with Crippen LogP contribution in [-0.4, -0.2) is 140 Å². The topological polar surface area (TPSA) is 228 Å². The monoisotopic (exact) mass is 1080 g/mol. The second kappa shape index (κ2) is 48.0. The van der Waals surface area contributed by atoms with E-state index in [2.05, 4.69) is 43.5 Å². The van der Waals surface area contributed by atoms with E-state index in [0.717, 1.165) is 51.4 Å². The molecule has 0 bridgehead atoms. The van der Waals surface area contributed by atoms with Crippen molar-refractivity contribution in [2.75, 3.05) is 19.8 Å². The van der Waals surface area contributed by atoms with Crippen molar-refractivity contribution >= 4 is 5.91 Å². The summed E-state index contributed by atoms with van der Waals surface area (Å²) in [5, 5.41) is 86.9. The molecule has 0 aromatic rings. The Balaban J connectivity index is 1.67. The number of aliphatic hydroxyl groups is 8. The van der Waals surface area contributed by atoms with E-state index in [-0.39, 0.29) is 18.9 Å². The highest BCUT2D eigenvalue weighted by Crippen LogP contribution is 2.30. The highest BCUT2D eigenvalue weighted by atomic mass is 16.7. The first-order chi connectivity index (χ1) is 37.1. The fourth-order valence-corrected chi connectivity index (χ4v) is 10.2. The summed E-state index contributed by atoms with van der Waals surface area (Å²) in [7, 11) is 0. The van der Waals surface area contributed by atoms with Crippen molar-refractivity contribution in [1.82, 2.24) is 5.32 Å². The second-order valence-electron chi connectivity index (χ2n) is 22.2. The van der Waals surface area contributed by atoms with Crippen LogP contribution in [0.3, 0.4) is 0 Å². The molecule has 2 fully saturated rings. The largest absolute Gasteiger partial charge is 0.394 e.